The third-order valence-corrected chi connectivity index (χ3v) is 3.15. The molecule has 0 aliphatic carbocycles. The highest BCUT2D eigenvalue weighted by molar-refractivity contribution is 5.94. The summed E-state index contributed by atoms with van der Waals surface area (Å²) in [5.74, 6) is 0.705. The molecular formula is C14H20N2O3. The number of benzene rings is 1. The number of nitrogens with zero attached hydrogens (tertiary/aromatic N) is 1. The second kappa shape index (κ2) is 6.54. The van der Waals surface area contributed by atoms with E-state index < -0.39 is 0 Å². The number of hydrogen-bond acceptors (Lipinski definition) is 4. The summed E-state index contributed by atoms with van der Waals surface area (Å²) < 4.78 is 10.4. The average Bonchev–Trinajstić information content (AvgIpc) is 2.85. The maximum Gasteiger partial charge on any atom is 0.254 e. The van der Waals surface area contributed by atoms with Gasteiger partial charge >= 0.3 is 0 Å². The van der Waals surface area contributed by atoms with Gasteiger partial charge in [0.05, 0.1) is 6.61 Å². The van der Waals surface area contributed by atoms with E-state index in [1.54, 1.807) is 24.1 Å². The van der Waals surface area contributed by atoms with E-state index in [0.717, 1.165) is 13.0 Å². The number of likely N-dealkylation sites (tertiary alicyclic amines) is 1. The van der Waals surface area contributed by atoms with E-state index in [2.05, 4.69) is 0 Å². The van der Waals surface area contributed by atoms with Crippen LogP contribution in [0.5, 0.6) is 5.75 Å². The Morgan fingerprint density at radius 3 is 3.00 bits per heavy atom. The Bertz CT molecular complexity index is 436. The fourth-order valence-electron chi connectivity index (χ4n) is 2.12. The van der Waals surface area contributed by atoms with Gasteiger partial charge in [-0.2, -0.15) is 0 Å². The molecule has 104 valence electrons. The largest absolute Gasteiger partial charge is 0.491 e. The lowest BCUT2D eigenvalue weighted by molar-refractivity contribution is 0.0790. The Balaban J connectivity index is 1.99. The topological polar surface area (TPSA) is 64.8 Å². The Morgan fingerprint density at radius 2 is 2.32 bits per heavy atom. The smallest absolute Gasteiger partial charge is 0.254 e. The van der Waals surface area contributed by atoms with Crippen LogP contribution in [0, 0.1) is 0 Å². The van der Waals surface area contributed by atoms with Gasteiger partial charge in [-0.15, -0.1) is 0 Å². The maximum atomic E-state index is 12.3. The normalized spacial score (nSPS) is 18.6. The first-order chi connectivity index (χ1) is 9.20. The number of ether oxygens (including phenoxy) is 2. The van der Waals surface area contributed by atoms with Crippen LogP contribution >= 0.6 is 0 Å². The van der Waals surface area contributed by atoms with Crippen LogP contribution in [0.3, 0.4) is 0 Å². The number of amides is 1. The van der Waals surface area contributed by atoms with Gasteiger partial charge in [-0.05, 0) is 24.6 Å². The van der Waals surface area contributed by atoms with Crippen molar-refractivity contribution < 1.29 is 14.3 Å². The molecule has 0 spiro atoms. The first-order valence-corrected chi connectivity index (χ1v) is 6.47. The molecule has 1 amide bonds. The van der Waals surface area contributed by atoms with Crippen molar-refractivity contribution in [3.8, 4) is 5.75 Å². The van der Waals surface area contributed by atoms with Crippen molar-refractivity contribution in [2.45, 2.75) is 12.5 Å². The minimum Gasteiger partial charge on any atom is -0.491 e. The minimum atomic E-state index is 0.0186. The molecule has 19 heavy (non-hydrogen) atoms. The van der Waals surface area contributed by atoms with Crippen molar-refractivity contribution in [1.29, 1.82) is 0 Å². The quantitative estimate of drug-likeness (QED) is 0.802. The Morgan fingerprint density at radius 1 is 1.47 bits per heavy atom. The molecule has 5 nitrogen and oxygen atoms in total. The Labute approximate surface area is 113 Å². The molecule has 1 aromatic rings. The van der Waals surface area contributed by atoms with Gasteiger partial charge < -0.3 is 20.1 Å². The number of hydrogen-bond donors (Lipinski definition) is 1. The van der Waals surface area contributed by atoms with E-state index in [-0.39, 0.29) is 11.9 Å². The summed E-state index contributed by atoms with van der Waals surface area (Å²) in [6, 6.07) is 7.33. The highest BCUT2D eigenvalue weighted by atomic mass is 16.5. The zero-order valence-corrected chi connectivity index (χ0v) is 11.2. The van der Waals surface area contributed by atoms with Gasteiger partial charge in [0.1, 0.15) is 12.4 Å². The van der Waals surface area contributed by atoms with E-state index in [4.69, 9.17) is 15.2 Å². The van der Waals surface area contributed by atoms with E-state index in [1.165, 1.54) is 0 Å². The number of carbonyl (C=O) groups excluding carboxylic acids is 1. The number of rotatable bonds is 5. The molecule has 1 unspecified atom stereocenters. The Kier molecular flexibility index (Phi) is 4.76. The van der Waals surface area contributed by atoms with Crippen LogP contribution < -0.4 is 10.5 Å². The van der Waals surface area contributed by atoms with Crippen molar-refractivity contribution in [3.05, 3.63) is 29.8 Å². The summed E-state index contributed by atoms with van der Waals surface area (Å²) in [5.41, 5.74) is 6.46. The third-order valence-electron chi connectivity index (χ3n) is 3.15. The van der Waals surface area contributed by atoms with Gasteiger partial charge in [-0.1, -0.05) is 6.07 Å². The molecule has 1 aromatic carbocycles. The second-order valence-electron chi connectivity index (χ2n) is 4.67. The molecule has 0 radical (unpaired) electrons. The van der Waals surface area contributed by atoms with Crippen molar-refractivity contribution >= 4 is 5.91 Å². The number of methoxy groups -OCH3 is 1. The van der Waals surface area contributed by atoms with Gasteiger partial charge in [0.2, 0.25) is 0 Å². The van der Waals surface area contributed by atoms with Gasteiger partial charge in [0.15, 0.2) is 0 Å². The van der Waals surface area contributed by atoms with Crippen LogP contribution in [0.2, 0.25) is 0 Å². The van der Waals surface area contributed by atoms with Gasteiger partial charge in [-0.3, -0.25) is 4.79 Å². The van der Waals surface area contributed by atoms with Crippen LogP contribution in [0.25, 0.3) is 0 Å². The predicted molar refractivity (Wildman–Crippen MR) is 72.3 cm³/mol. The molecule has 1 heterocycles. The van der Waals surface area contributed by atoms with Crippen LogP contribution in [0.15, 0.2) is 24.3 Å². The van der Waals surface area contributed by atoms with E-state index in [0.29, 0.717) is 31.1 Å². The summed E-state index contributed by atoms with van der Waals surface area (Å²) in [5, 5.41) is 0. The van der Waals surface area contributed by atoms with Crippen molar-refractivity contribution in [1.82, 2.24) is 4.90 Å². The monoisotopic (exact) mass is 264 g/mol. The zero-order chi connectivity index (χ0) is 13.7. The van der Waals surface area contributed by atoms with Crippen molar-refractivity contribution in [2.24, 2.45) is 5.73 Å². The molecular weight excluding hydrogens is 244 g/mol. The van der Waals surface area contributed by atoms with E-state index >= 15 is 0 Å². The zero-order valence-electron chi connectivity index (χ0n) is 11.2. The SMILES string of the molecule is COCCOc1cccc(C(=O)N2CCC(N)C2)c1. The highest BCUT2D eigenvalue weighted by Gasteiger charge is 2.24. The van der Waals surface area contributed by atoms with Crippen molar-refractivity contribution in [3.63, 3.8) is 0 Å². The summed E-state index contributed by atoms with van der Waals surface area (Å²) in [6.07, 6.45) is 0.871. The van der Waals surface area contributed by atoms with Crippen LogP contribution in [0.1, 0.15) is 16.8 Å². The van der Waals surface area contributed by atoms with E-state index in [1.807, 2.05) is 12.1 Å². The summed E-state index contributed by atoms with van der Waals surface area (Å²) >= 11 is 0. The second-order valence-corrected chi connectivity index (χ2v) is 4.67. The highest BCUT2D eigenvalue weighted by Crippen LogP contribution is 2.17. The molecule has 5 heteroatoms. The first-order valence-electron chi connectivity index (χ1n) is 6.47. The standard InChI is InChI=1S/C14H20N2O3/c1-18-7-8-19-13-4-2-3-11(9-13)14(17)16-6-5-12(15)10-16/h2-4,9,12H,5-8,10,15H2,1H3. The number of nitrogens with two attached hydrogens (primary N) is 1. The molecule has 1 atom stereocenters. The van der Waals surface area contributed by atoms with Gasteiger partial charge in [0.25, 0.3) is 5.91 Å². The molecule has 1 aliphatic rings. The Hall–Kier alpha value is -1.59. The molecule has 1 saturated heterocycles. The average molecular weight is 264 g/mol. The minimum absolute atomic E-state index is 0.0186. The molecule has 1 aliphatic heterocycles. The number of carbonyl (C=O) groups is 1. The maximum absolute atomic E-state index is 12.3. The molecule has 1 fully saturated rings. The first kappa shape index (κ1) is 13.8. The molecule has 2 N–H and O–H groups in total. The van der Waals surface area contributed by atoms with Crippen LogP contribution in [-0.4, -0.2) is 50.3 Å². The fraction of sp³-hybridized carbons (Fsp3) is 0.500. The molecule has 0 aromatic heterocycles. The molecule has 0 saturated carbocycles. The third kappa shape index (κ3) is 3.68. The lowest BCUT2D eigenvalue weighted by Crippen LogP contribution is -2.31. The lowest BCUT2D eigenvalue weighted by atomic mass is 10.2. The lowest BCUT2D eigenvalue weighted by Gasteiger charge is -2.16. The fourth-order valence-corrected chi connectivity index (χ4v) is 2.12. The van der Waals surface area contributed by atoms with Crippen LogP contribution in [0.4, 0.5) is 0 Å². The van der Waals surface area contributed by atoms with Crippen LogP contribution in [-0.2, 0) is 4.74 Å². The summed E-state index contributed by atoms with van der Waals surface area (Å²) in [4.78, 5) is 14.1. The molecule has 0 bridgehead atoms. The molecule has 2 rings (SSSR count). The van der Waals surface area contributed by atoms with Crippen molar-refractivity contribution in [2.75, 3.05) is 33.4 Å². The summed E-state index contributed by atoms with van der Waals surface area (Å²) in [6.45, 7) is 2.37. The van der Waals surface area contributed by atoms with E-state index in [9.17, 15) is 4.79 Å². The predicted octanol–water partition coefficient (Wildman–Crippen LogP) is 0.885. The summed E-state index contributed by atoms with van der Waals surface area (Å²) in [7, 11) is 1.62. The van der Waals surface area contributed by atoms with Gasteiger partial charge in [-0.25, -0.2) is 0 Å². The van der Waals surface area contributed by atoms with Gasteiger partial charge in [0, 0.05) is 31.8 Å².